The van der Waals surface area contributed by atoms with Crippen LogP contribution in [0.3, 0.4) is 0 Å². The fourth-order valence-corrected chi connectivity index (χ4v) is 0.987. The Kier molecular flexibility index (Phi) is 9.64. The van der Waals surface area contributed by atoms with Gasteiger partial charge in [-0.05, 0) is 19.1 Å². The van der Waals surface area contributed by atoms with Gasteiger partial charge in [-0.25, -0.2) is 0 Å². The molecule has 0 bridgehead atoms. The summed E-state index contributed by atoms with van der Waals surface area (Å²) in [5.41, 5.74) is 7.50. The monoisotopic (exact) mass is 229 g/mol. The van der Waals surface area contributed by atoms with Crippen molar-refractivity contribution in [3.8, 4) is 0 Å². The molecule has 0 saturated heterocycles. The number of nitrogens with two attached hydrogens (primary N) is 1. The van der Waals surface area contributed by atoms with Gasteiger partial charge in [0, 0.05) is 5.69 Å². The van der Waals surface area contributed by atoms with Crippen molar-refractivity contribution in [1.82, 2.24) is 0 Å². The predicted molar refractivity (Wildman–Crippen MR) is 78.0 cm³/mol. The molecule has 0 aliphatic carbocycles. The highest BCUT2D eigenvalue weighted by molar-refractivity contribution is 5.35. The smallest absolute Gasteiger partial charge is 0.0313 e. The van der Waals surface area contributed by atoms with Crippen molar-refractivity contribution in [2.24, 2.45) is 0 Å². The van der Waals surface area contributed by atoms with Gasteiger partial charge in [0.2, 0.25) is 0 Å². The molecule has 2 rings (SSSR count). The number of benzene rings is 2. The fraction of sp³-hybridized carbons (Fsp3) is 0.250. The zero-order valence-corrected chi connectivity index (χ0v) is 11.1. The first-order valence-corrected chi connectivity index (χ1v) is 6.02. The van der Waals surface area contributed by atoms with Crippen molar-refractivity contribution in [3.05, 3.63) is 66.2 Å². The second-order valence-corrected chi connectivity index (χ2v) is 3.77. The van der Waals surface area contributed by atoms with Gasteiger partial charge in [0.05, 0.1) is 0 Å². The molecule has 1 nitrogen and oxygen atoms in total. The largest absolute Gasteiger partial charge is 0.399 e. The van der Waals surface area contributed by atoms with Crippen LogP contribution in [0.15, 0.2) is 60.7 Å². The van der Waals surface area contributed by atoms with Crippen LogP contribution in [0.5, 0.6) is 0 Å². The van der Waals surface area contributed by atoms with Gasteiger partial charge in [-0.3, -0.25) is 0 Å². The summed E-state index contributed by atoms with van der Waals surface area (Å²) in [6, 6.07) is 19.7. The van der Waals surface area contributed by atoms with Crippen LogP contribution in [0, 0.1) is 6.92 Å². The van der Waals surface area contributed by atoms with E-state index in [9.17, 15) is 0 Å². The van der Waals surface area contributed by atoms with E-state index in [1.54, 1.807) is 0 Å². The van der Waals surface area contributed by atoms with E-state index < -0.39 is 0 Å². The molecule has 2 aromatic carbocycles. The van der Waals surface area contributed by atoms with E-state index in [0.717, 1.165) is 5.69 Å². The normalized spacial score (nSPS) is 8.18. The molecule has 17 heavy (non-hydrogen) atoms. The summed E-state index contributed by atoms with van der Waals surface area (Å²) in [7, 11) is 0. The van der Waals surface area contributed by atoms with Gasteiger partial charge in [0.1, 0.15) is 0 Å². The number of anilines is 1. The quantitative estimate of drug-likeness (QED) is 0.652. The molecular weight excluding hydrogens is 206 g/mol. The van der Waals surface area contributed by atoms with Crippen LogP contribution in [-0.2, 0) is 0 Å². The first-order valence-electron chi connectivity index (χ1n) is 6.02. The van der Waals surface area contributed by atoms with Gasteiger partial charge < -0.3 is 5.73 Å². The highest BCUT2D eigenvalue weighted by Gasteiger charge is 1.72. The van der Waals surface area contributed by atoms with Gasteiger partial charge in [0.25, 0.3) is 0 Å². The average molecular weight is 229 g/mol. The highest BCUT2D eigenvalue weighted by atomic mass is 14.5. The number of rotatable bonds is 0. The van der Waals surface area contributed by atoms with Gasteiger partial charge in [-0.2, -0.15) is 0 Å². The van der Waals surface area contributed by atoms with E-state index in [0.29, 0.717) is 0 Å². The number of aryl methyl sites for hydroxylation is 1. The summed E-state index contributed by atoms with van der Waals surface area (Å²) in [5, 5.41) is 0. The molecule has 2 aromatic rings. The molecule has 92 valence electrons. The lowest BCUT2D eigenvalue weighted by Crippen LogP contribution is -1.79. The van der Waals surface area contributed by atoms with Crippen LogP contribution >= 0.6 is 0 Å². The predicted octanol–water partition coefficient (Wildman–Crippen LogP) is 4.68. The minimum Gasteiger partial charge on any atom is -0.399 e. The summed E-state index contributed by atoms with van der Waals surface area (Å²) in [6.07, 6.45) is 1.25. The molecule has 0 fully saturated rings. The Hall–Kier alpha value is -1.76. The van der Waals surface area contributed by atoms with E-state index in [1.807, 2.05) is 48.5 Å². The Balaban J connectivity index is 0.000000247. The Morgan fingerprint density at radius 2 is 1.12 bits per heavy atom. The second kappa shape index (κ2) is 10.7. The average Bonchev–Trinajstić information content (AvgIpc) is 2.33. The van der Waals surface area contributed by atoms with E-state index in [1.165, 1.54) is 12.0 Å². The van der Waals surface area contributed by atoms with E-state index in [2.05, 4.69) is 32.9 Å². The van der Waals surface area contributed by atoms with Crippen molar-refractivity contribution >= 4 is 5.69 Å². The molecule has 0 saturated carbocycles. The molecule has 0 atom stereocenters. The minimum absolute atomic E-state index is 0.822. The number of hydrogen-bond donors (Lipinski definition) is 1. The first-order chi connectivity index (χ1) is 8.20. The van der Waals surface area contributed by atoms with E-state index >= 15 is 0 Å². The van der Waals surface area contributed by atoms with Crippen LogP contribution in [0.2, 0.25) is 0 Å². The standard InChI is InChI=1S/C7H8.C6H7N.C3H8/c1-7-5-3-2-4-6-7;7-6-4-2-1-3-5-6;1-3-2/h2-6H,1H3;1-5H,7H2;3H2,1-2H3. The maximum absolute atomic E-state index is 5.36. The topological polar surface area (TPSA) is 26.0 Å². The molecule has 0 heterocycles. The summed E-state index contributed by atoms with van der Waals surface area (Å²) in [6.45, 7) is 6.33. The number of nitrogen functional groups attached to an aromatic ring is 1. The summed E-state index contributed by atoms with van der Waals surface area (Å²) >= 11 is 0. The highest BCUT2D eigenvalue weighted by Crippen LogP contribution is 1.96. The third-order valence-corrected chi connectivity index (χ3v) is 1.74. The molecular formula is C16H23N. The van der Waals surface area contributed by atoms with Gasteiger partial charge in [-0.15, -0.1) is 0 Å². The van der Waals surface area contributed by atoms with Crippen molar-refractivity contribution < 1.29 is 0 Å². The van der Waals surface area contributed by atoms with Crippen molar-refractivity contribution in [2.75, 3.05) is 5.73 Å². The van der Waals surface area contributed by atoms with Crippen LogP contribution in [-0.4, -0.2) is 0 Å². The van der Waals surface area contributed by atoms with Gasteiger partial charge >= 0.3 is 0 Å². The Morgan fingerprint density at radius 1 is 0.765 bits per heavy atom. The summed E-state index contributed by atoms with van der Waals surface area (Å²) in [5.74, 6) is 0. The zero-order chi connectivity index (χ0) is 12.9. The first kappa shape index (κ1) is 15.2. The minimum atomic E-state index is 0.822. The lowest BCUT2D eigenvalue weighted by Gasteiger charge is -1.83. The third kappa shape index (κ3) is 10.5. The Labute approximate surface area is 105 Å². The number of hydrogen-bond acceptors (Lipinski definition) is 1. The summed E-state index contributed by atoms with van der Waals surface area (Å²) < 4.78 is 0. The van der Waals surface area contributed by atoms with Crippen molar-refractivity contribution in [2.45, 2.75) is 27.2 Å². The van der Waals surface area contributed by atoms with Crippen LogP contribution in [0.1, 0.15) is 25.8 Å². The fourth-order valence-electron chi connectivity index (χ4n) is 0.987. The molecule has 0 unspecified atom stereocenters. The molecule has 0 aromatic heterocycles. The van der Waals surface area contributed by atoms with E-state index in [-0.39, 0.29) is 0 Å². The van der Waals surface area contributed by atoms with Crippen LogP contribution < -0.4 is 5.73 Å². The van der Waals surface area contributed by atoms with Crippen LogP contribution in [0.25, 0.3) is 0 Å². The van der Waals surface area contributed by atoms with Gasteiger partial charge in [-0.1, -0.05) is 74.4 Å². The third-order valence-electron chi connectivity index (χ3n) is 1.74. The van der Waals surface area contributed by atoms with E-state index in [4.69, 9.17) is 5.73 Å². The number of para-hydroxylation sites is 1. The second-order valence-electron chi connectivity index (χ2n) is 3.77. The molecule has 0 radical (unpaired) electrons. The lowest BCUT2D eigenvalue weighted by atomic mass is 10.2. The maximum Gasteiger partial charge on any atom is 0.0313 e. The van der Waals surface area contributed by atoms with Gasteiger partial charge in [0.15, 0.2) is 0 Å². The summed E-state index contributed by atoms with van der Waals surface area (Å²) in [4.78, 5) is 0. The molecule has 1 heteroatoms. The Morgan fingerprint density at radius 3 is 1.29 bits per heavy atom. The lowest BCUT2D eigenvalue weighted by molar-refractivity contribution is 1.09. The van der Waals surface area contributed by atoms with Crippen molar-refractivity contribution in [3.63, 3.8) is 0 Å². The van der Waals surface area contributed by atoms with Crippen LogP contribution in [0.4, 0.5) is 5.69 Å². The molecule has 0 aliphatic heterocycles. The molecule has 0 amide bonds. The zero-order valence-electron chi connectivity index (χ0n) is 11.1. The molecule has 0 spiro atoms. The Bertz CT molecular complexity index is 316. The SMILES string of the molecule is CCC.Cc1ccccc1.Nc1ccccc1. The molecule has 2 N–H and O–H groups in total. The molecule has 0 aliphatic rings. The maximum atomic E-state index is 5.36. The van der Waals surface area contributed by atoms with Crippen molar-refractivity contribution in [1.29, 1.82) is 0 Å².